The molecule has 94 valence electrons. The maximum Gasteiger partial charge on any atom is 0.182 e. The van der Waals surface area contributed by atoms with Crippen LogP contribution in [0.5, 0.6) is 0 Å². The van der Waals surface area contributed by atoms with Gasteiger partial charge in [0.25, 0.3) is 0 Å². The van der Waals surface area contributed by atoms with Crippen molar-refractivity contribution in [3.05, 3.63) is 28.2 Å². The predicted octanol–water partition coefficient (Wildman–Crippen LogP) is 2.31. The van der Waals surface area contributed by atoms with Crippen molar-refractivity contribution in [2.24, 2.45) is 0 Å². The van der Waals surface area contributed by atoms with Crippen LogP contribution in [-0.2, 0) is 16.3 Å². The maximum atomic E-state index is 12.1. The summed E-state index contributed by atoms with van der Waals surface area (Å²) in [6.45, 7) is 0.153. The first kappa shape index (κ1) is 13.1. The van der Waals surface area contributed by atoms with Crippen molar-refractivity contribution in [1.29, 1.82) is 0 Å². The van der Waals surface area contributed by atoms with E-state index in [1.54, 1.807) is 6.07 Å². The standard InChI is InChI=1S/C12H15BrO3S/c13-11-8-9(2-1-7-14)3-6-12(11)17(15,16)10-4-5-10/h3,6,8,10,14H,1-2,4-5,7H2. The molecule has 1 saturated carbocycles. The molecule has 1 fully saturated rings. The Morgan fingerprint density at radius 1 is 1.35 bits per heavy atom. The Bertz CT molecular complexity index is 506. The first-order valence-electron chi connectivity index (χ1n) is 5.69. The van der Waals surface area contributed by atoms with Gasteiger partial charge in [-0.2, -0.15) is 0 Å². The van der Waals surface area contributed by atoms with Gasteiger partial charge in [0.05, 0.1) is 10.1 Å². The average Bonchev–Trinajstić information content (AvgIpc) is 3.10. The van der Waals surface area contributed by atoms with Crippen LogP contribution in [0.25, 0.3) is 0 Å². The van der Waals surface area contributed by atoms with Gasteiger partial charge in [-0.15, -0.1) is 0 Å². The zero-order valence-corrected chi connectivity index (χ0v) is 11.8. The molecule has 0 bridgehead atoms. The van der Waals surface area contributed by atoms with Gasteiger partial charge in [0.15, 0.2) is 9.84 Å². The molecule has 0 atom stereocenters. The zero-order chi connectivity index (χ0) is 12.5. The van der Waals surface area contributed by atoms with E-state index in [0.29, 0.717) is 15.8 Å². The molecule has 0 radical (unpaired) electrons. The van der Waals surface area contributed by atoms with Crippen LogP contribution >= 0.6 is 15.9 Å². The highest BCUT2D eigenvalue weighted by molar-refractivity contribution is 9.10. The minimum atomic E-state index is -3.13. The Hall–Kier alpha value is -0.390. The normalized spacial score (nSPS) is 16.1. The summed E-state index contributed by atoms with van der Waals surface area (Å²) in [5, 5.41) is 8.58. The summed E-state index contributed by atoms with van der Waals surface area (Å²) in [6.07, 6.45) is 3.02. The topological polar surface area (TPSA) is 54.4 Å². The second-order valence-electron chi connectivity index (χ2n) is 4.34. The van der Waals surface area contributed by atoms with Crippen LogP contribution < -0.4 is 0 Å². The van der Waals surface area contributed by atoms with Gasteiger partial charge in [-0.3, -0.25) is 0 Å². The molecule has 1 aromatic carbocycles. The summed E-state index contributed by atoms with van der Waals surface area (Å²) < 4.78 is 24.8. The lowest BCUT2D eigenvalue weighted by atomic mass is 10.1. The Balaban J connectivity index is 2.25. The largest absolute Gasteiger partial charge is 0.396 e. The average molecular weight is 319 g/mol. The van der Waals surface area contributed by atoms with Crippen LogP contribution in [0.15, 0.2) is 27.6 Å². The first-order valence-corrected chi connectivity index (χ1v) is 8.03. The second kappa shape index (κ2) is 5.08. The molecule has 1 aliphatic rings. The lowest BCUT2D eigenvalue weighted by Gasteiger charge is -2.07. The molecular weight excluding hydrogens is 304 g/mol. The molecular formula is C12H15BrO3S. The van der Waals surface area contributed by atoms with E-state index < -0.39 is 9.84 Å². The third-order valence-corrected chi connectivity index (χ3v) is 6.13. The summed E-state index contributed by atoms with van der Waals surface area (Å²) in [5.41, 5.74) is 1.04. The van der Waals surface area contributed by atoms with E-state index in [0.717, 1.165) is 24.8 Å². The minimum Gasteiger partial charge on any atom is -0.396 e. The summed E-state index contributed by atoms with van der Waals surface area (Å²) in [6, 6.07) is 5.34. The Morgan fingerprint density at radius 2 is 2.06 bits per heavy atom. The second-order valence-corrected chi connectivity index (χ2v) is 7.39. The maximum absolute atomic E-state index is 12.1. The van der Waals surface area contributed by atoms with Crippen molar-refractivity contribution in [2.45, 2.75) is 35.8 Å². The Labute approximate surface area is 110 Å². The smallest absolute Gasteiger partial charge is 0.182 e. The van der Waals surface area contributed by atoms with Crippen LogP contribution in [0.4, 0.5) is 0 Å². The number of rotatable bonds is 5. The summed E-state index contributed by atoms with van der Waals surface area (Å²) >= 11 is 3.33. The number of benzene rings is 1. The van der Waals surface area contributed by atoms with Crippen LogP contribution in [0, 0.1) is 0 Å². The molecule has 1 aromatic rings. The SMILES string of the molecule is O=S(=O)(c1ccc(CCCO)cc1Br)C1CC1. The highest BCUT2D eigenvalue weighted by Gasteiger charge is 2.37. The number of aliphatic hydroxyl groups is 1. The van der Waals surface area contributed by atoms with Gasteiger partial charge in [-0.05, 0) is 59.3 Å². The quantitative estimate of drug-likeness (QED) is 0.906. The third-order valence-electron chi connectivity index (χ3n) is 2.89. The van der Waals surface area contributed by atoms with Crippen molar-refractivity contribution in [3.63, 3.8) is 0 Å². The van der Waals surface area contributed by atoms with Gasteiger partial charge in [0, 0.05) is 11.1 Å². The summed E-state index contributed by atoms with van der Waals surface area (Å²) in [4.78, 5) is 0.396. The van der Waals surface area contributed by atoms with Crippen molar-refractivity contribution in [2.75, 3.05) is 6.61 Å². The number of halogens is 1. The molecule has 0 aromatic heterocycles. The van der Waals surface area contributed by atoms with Crippen LogP contribution in [0.3, 0.4) is 0 Å². The Morgan fingerprint density at radius 3 is 2.59 bits per heavy atom. The zero-order valence-electron chi connectivity index (χ0n) is 9.39. The molecule has 0 heterocycles. The molecule has 5 heteroatoms. The van der Waals surface area contributed by atoms with E-state index in [1.165, 1.54) is 0 Å². The van der Waals surface area contributed by atoms with Crippen molar-refractivity contribution >= 4 is 25.8 Å². The monoisotopic (exact) mass is 318 g/mol. The van der Waals surface area contributed by atoms with Gasteiger partial charge in [-0.25, -0.2) is 8.42 Å². The lowest BCUT2D eigenvalue weighted by Crippen LogP contribution is -2.08. The number of aryl methyl sites for hydroxylation is 1. The van der Waals surface area contributed by atoms with Crippen LogP contribution in [0.2, 0.25) is 0 Å². The number of hydrogen-bond donors (Lipinski definition) is 1. The van der Waals surface area contributed by atoms with E-state index in [-0.39, 0.29) is 11.9 Å². The molecule has 1 N–H and O–H groups in total. The number of aliphatic hydroxyl groups excluding tert-OH is 1. The highest BCUT2D eigenvalue weighted by atomic mass is 79.9. The van der Waals surface area contributed by atoms with E-state index >= 15 is 0 Å². The summed E-state index contributed by atoms with van der Waals surface area (Å²) in [7, 11) is -3.13. The fraction of sp³-hybridized carbons (Fsp3) is 0.500. The van der Waals surface area contributed by atoms with Crippen molar-refractivity contribution < 1.29 is 13.5 Å². The van der Waals surface area contributed by atoms with Crippen LogP contribution in [-0.4, -0.2) is 25.4 Å². The van der Waals surface area contributed by atoms with Gasteiger partial charge >= 0.3 is 0 Å². The number of hydrogen-bond acceptors (Lipinski definition) is 3. The number of sulfone groups is 1. The van der Waals surface area contributed by atoms with E-state index in [2.05, 4.69) is 15.9 Å². The summed E-state index contributed by atoms with van der Waals surface area (Å²) in [5.74, 6) is 0. The van der Waals surface area contributed by atoms with Gasteiger partial charge < -0.3 is 5.11 Å². The van der Waals surface area contributed by atoms with Gasteiger partial charge in [0.1, 0.15) is 0 Å². The molecule has 17 heavy (non-hydrogen) atoms. The van der Waals surface area contributed by atoms with Crippen molar-refractivity contribution in [1.82, 2.24) is 0 Å². The fourth-order valence-corrected chi connectivity index (χ4v) is 4.58. The highest BCUT2D eigenvalue weighted by Crippen LogP contribution is 2.36. The Kier molecular flexibility index (Phi) is 3.90. The first-order chi connectivity index (χ1) is 8.05. The molecule has 0 aliphatic heterocycles. The minimum absolute atomic E-state index is 0.153. The van der Waals surface area contributed by atoms with Gasteiger partial charge in [0.2, 0.25) is 0 Å². The fourth-order valence-electron chi connectivity index (χ4n) is 1.77. The van der Waals surface area contributed by atoms with Gasteiger partial charge in [-0.1, -0.05) is 6.07 Å². The van der Waals surface area contributed by atoms with Crippen molar-refractivity contribution in [3.8, 4) is 0 Å². The molecule has 0 saturated heterocycles. The van der Waals surface area contributed by atoms with E-state index in [1.807, 2.05) is 12.1 Å². The van der Waals surface area contributed by atoms with Crippen LogP contribution in [0.1, 0.15) is 24.8 Å². The molecule has 0 amide bonds. The molecule has 0 unspecified atom stereocenters. The molecule has 2 rings (SSSR count). The van der Waals surface area contributed by atoms with E-state index in [9.17, 15) is 8.42 Å². The predicted molar refractivity (Wildman–Crippen MR) is 69.8 cm³/mol. The lowest BCUT2D eigenvalue weighted by molar-refractivity contribution is 0.288. The molecule has 3 nitrogen and oxygen atoms in total. The molecule has 0 spiro atoms. The third kappa shape index (κ3) is 2.89. The van der Waals surface area contributed by atoms with E-state index in [4.69, 9.17) is 5.11 Å². The molecule has 1 aliphatic carbocycles.